The molecule has 0 spiro atoms. The molecule has 1 aromatic rings. The number of benzene rings is 1. The molecule has 1 atom stereocenters. The molecule has 2 rings (SSSR count). The molecule has 16 heavy (non-hydrogen) atoms. The number of amides is 1. The molecule has 0 aromatic heterocycles. The molecule has 0 saturated carbocycles. The average molecular weight is 216 g/mol. The highest BCUT2D eigenvalue weighted by Crippen LogP contribution is 2.36. The van der Waals surface area contributed by atoms with Crippen molar-refractivity contribution in [3.05, 3.63) is 35.9 Å². The minimum Gasteiger partial charge on any atom is -0.398 e. The zero-order chi connectivity index (χ0) is 11.5. The maximum Gasteiger partial charge on any atom is 0.221 e. The Morgan fingerprint density at radius 1 is 1.50 bits per heavy atom. The Bertz CT molecular complexity index is 438. The first kappa shape index (κ1) is 10.7. The van der Waals surface area contributed by atoms with E-state index >= 15 is 0 Å². The van der Waals surface area contributed by atoms with Gasteiger partial charge in [0.25, 0.3) is 0 Å². The van der Waals surface area contributed by atoms with Gasteiger partial charge in [0.05, 0.1) is 0 Å². The second kappa shape index (κ2) is 4.39. The molecule has 0 bridgehead atoms. The van der Waals surface area contributed by atoms with E-state index < -0.39 is 0 Å². The largest absolute Gasteiger partial charge is 0.398 e. The van der Waals surface area contributed by atoms with Crippen molar-refractivity contribution in [3.8, 4) is 0 Å². The summed E-state index contributed by atoms with van der Waals surface area (Å²) in [5.74, 6) is 0.275. The number of hydrogen-bond acceptors (Lipinski definition) is 2. The van der Waals surface area contributed by atoms with Crippen molar-refractivity contribution in [2.75, 3.05) is 11.1 Å². The van der Waals surface area contributed by atoms with Gasteiger partial charge in [0.1, 0.15) is 0 Å². The van der Waals surface area contributed by atoms with Crippen LogP contribution in [0.25, 0.3) is 0 Å². The normalized spacial score (nSPS) is 18.7. The van der Waals surface area contributed by atoms with Crippen molar-refractivity contribution in [1.82, 2.24) is 0 Å². The topological polar surface area (TPSA) is 55.1 Å². The summed E-state index contributed by atoms with van der Waals surface area (Å²) in [4.78, 5) is 11.1. The van der Waals surface area contributed by atoms with Gasteiger partial charge in [-0.05, 0) is 25.0 Å². The van der Waals surface area contributed by atoms with E-state index in [-0.39, 0.29) is 5.91 Å². The van der Waals surface area contributed by atoms with Gasteiger partial charge in [0.2, 0.25) is 5.91 Å². The first-order valence-electron chi connectivity index (χ1n) is 5.51. The zero-order valence-corrected chi connectivity index (χ0v) is 9.36. The van der Waals surface area contributed by atoms with E-state index in [0.717, 1.165) is 29.8 Å². The number of rotatable bonds is 2. The Labute approximate surface area is 95.3 Å². The first-order chi connectivity index (χ1) is 7.68. The van der Waals surface area contributed by atoms with Crippen molar-refractivity contribution in [1.29, 1.82) is 0 Å². The van der Waals surface area contributed by atoms with E-state index in [1.54, 1.807) is 0 Å². The lowest BCUT2D eigenvalue weighted by molar-refractivity contribution is -0.114. The number of nitrogens with one attached hydrogen (secondary N) is 1. The number of anilines is 2. The minimum absolute atomic E-state index is 0.0613. The Kier molecular flexibility index (Phi) is 2.95. The Hall–Kier alpha value is -1.77. The van der Waals surface area contributed by atoms with Gasteiger partial charge in [-0.25, -0.2) is 0 Å². The summed E-state index contributed by atoms with van der Waals surface area (Å²) in [6, 6.07) is 5.65. The summed E-state index contributed by atoms with van der Waals surface area (Å²) >= 11 is 0. The van der Waals surface area contributed by atoms with Crippen LogP contribution in [-0.2, 0) is 4.79 Å². The minimum atomic E-state index is -0.0613. The van der Waals surface area contributed by atoms with Crippen molar-refractivity contribution < 1.29 is 4.79 Å². The van der Waals surface area contributed by atoms with Gasteiger partial charge in [-0.1, -0.05) is 18.2 Å². The third-order valence-corrected chi connectivity index (χ3v) is 2.83. The van der Waals surface area contributed by atoms with Crippen LogP contribution in [-0.4, -0.2) is 5.91 Å². The SMILES string of the molecule is CC(=O)Nc1cccc(N)c1C1C=CCC1. The van der Waals surface area contributed by atoms with E-state index in [4.69, 9.17) is 5.73 Å². The number of allylic oxidation sites excluding steroid dienone is 2. The van der Waals surface area contributed by atoms with Crippen molar-refractivity contribution in [3.63, 3.8) is 0 Å². The summed E-state index contributed by atoms with van der Waals surface area (Å²) in [5.41, 5.74) is 8.63. The van der Waals surface area contributed by atoms with Crippen LogP contribution in [0.4, 0.5) is 11.4 Å². The van der Waals surface area contributed by atoms with Crippen molar-refractivity contribution in [2.24, 2.45) is 0 Å². The second-order valence-electron chi connectivity index (χ2n) is 4.10. The molecule has 0 heterocycles. The van der Waals surface area contributed by atoms with Crippen LogP contribution in [0, 0.1) is 0 Å². The smallest absolute Gasteiger partial charge is 0.221 e. The zero-order valence-electron chi connectivity index (χ0n) is 9.36. The lowest BCUT2D eigenvalue weighted by atomic mass is 9.95. The van der Waals surface area contributed by atoms with Crippen molar-refractivity contribution >= 4 is 17.3 Å². The predicted octanol–water partition coefficient (Wildman–Crippen LogP) is 2.66. The molecular formula is C13H16N2O. The van der Waals surface area contributed by atoms with Crippen LogP contribution in [0.5, 0.6) is 0 Å². The second-order valence-corrected chi connectivity index (χ2v) is 4.10. The molecule has 3 N–H and O–H groups in total. The molecule has 1 unspecified atom stereocenters. The van der Waals surface area contributed by atoms with Crippen LogP contribution in [0.15, 0.2) is 30.4 Å². The molecule has 0 saturated heterocycles. The molecule has 1 amide bonds. The highest BCUT2D eigenvalue weighted by molar-refractivity contribution is 5.90. The quantitative estimate of drug-likeness (QED) is 0.590. The van der Waals surface area contributed by atoms with Gasteiger partial charge in [0.15, 0.2) is 0 Å². The Morgan fingerprint density at radius 3 is 2.94 bits per heavy atom. The van der Waals surface area contributed by atoms with Gasteiger partial charge in [-0.3, -0.25) is 4.79 Å². The lowest BCUT2D eigenvalue weighted by Gasteiger charge is -2.16. The van der Waals surface area contributed by atoms with E-state index in [9.17, 15) is 4.79 Å². The molecule has 0 radical (unpaired) electrons. The monoisotopic (exact) mass is 216 g/mol. The van der Waals surface area contributed by atoms with Gasteiger partial charge in [0, 0.05) is 29.8 Å². The maximum absolute atomic E-state index is 11.1. The third-order valence-electron chi connectivity index (χ3n) is 2.83. The fourth-order valence-corrected chi connectivity index (χ4v) is 2.17. The van der Waals surface area contributed by atoms with Crippen molar-refractivity contribution in [2.45, 2.75) is 25.7 Å². The van der Waals surface area contributed by atoms with Crippen LogP contribution < -0.4 is 11.1 Å². The number of nitrogen functional groups attached to an aromatic ring is 1. The van der Waals surface area contributed by atoms with E-state index in [0.29, 0.717) is 5.92 Å². The van der Waals surface area contributed by atoms with Crippen LogP contribution in [0.1, 0.15) is 31.2 Å². The number of carbonyl (C=O) groups is 1. The van der Waals surface area contributed by atoms with Gasteiger partial charge < -0.3 is 11.1 Å². The van der Waals surface area contributed by atoms with E-state index in [1.165, 1.54) is 6.92 Å². The molecule has 1 aromatic carbocycles. The summed E-state index contributed by atoms with van der Waals surface area (Å²) < 4.78 is 0. The molecule has 1 aliphatic rings. The summed E-state index contributed by atoms with van der Waals surface area (Å²) in [7, 11) is 0. The van der Waals surface area contributed by atoms with E-state index in [2.05, 4.69) is 17.5 Å². The highest BCUT2D eigenvalue weighted by Gasteiger charge is 2.18. The predicted molar refractivity (Wildman–Crippen MR) is 66.3 cm³/mol. The number of hydrogen-bond donors (Lipinski definition) is 2. The van der Waals surface area contributed by atoms with Gasteiger partial charge >= 0.3 is 0 Å². The Morgan fingerprint density at radius 2 is 2.31 bits per heavy atom. The van der Waals surface area contributed by atoms with Gasteiger partial charge in [-0.15, -0.1) is 0 Å². The first-order valence-corrected chi connectivity index (χ1v) is 5.51. The van der Waals surface area contributed by atoms with Crippen LogP contribution in [0.3, 0.4) is 0 Å². The fourth-order valence-electron chi connectivity index (χ4n) is 2.17. The lowest BCUT2D eigenvalue weighted by Crippen LogP contribution is -2.10. The maximum atomic E-state index is 11.1. The molecule has 0 aliphatic heterocycles. The average Bonchev–Trinajstić information content (AvgIpc) is 2.69. The molecule has 84 valence electrons. The number of carbonyl (C=O) groups excluding carboxylic acids is 1. The van der Waals surface area contributed by atoms with Crippen LogP contribution in [0.2, 0.25) is 0 Å². The molecule has 3 nitrogen and oxygen atoms in total. The fraction of sp³-hybridized carbons (Fsp3) is 0.308. The molecule has 0 fully saturated rings. The Balaban J connectivity index is 2.39. The summed E-state index contributed by atoms with van der Waals surface area (Å²) in [6.07, 6.45) is 6.48. The van der Waals surface area contributed by atoms with Gasteiger partial charge in [-0.2, -0.15) is 0 Å². The summed E-state index contributed by atoms with van der Waals surface area (Å²) in [6.45, 7) is 1.51. The third kappa shape index (κ3) is 2.08. The molecular weight excluding hydrogens is 200 g/mol. The molecule has 3 heteroatoms. The highest BCUT2D eigenvalue weighted by atomic mass is 16.1. The van der Waals surface area contributed by atoms with Crippen LogP contribution >= 0.6 is 0 Å². The number of nitrogens with two attached hydrogens (primary N) is 1. The van der Waals surface area contributed by atoms with E-state index in [1.807, 2.05) is 18.2 Å². The summed E-state index contributed by atoms with van der Waals surface area (Å²) in [5, 5.41) is 2.84. The molecule has 1 aliphatic carbocycles. The standard InChI is InChI=1S/C13H16N2O/c1-9(16)15-12-8-4-7-11(14)13(12)10-5-2-3-6-10/h2,4-5,7-8,10H,3,6,14H2,1H3,(H,15,16).